The van der Waals surface area contributed by atoms with E-state index in [9.17, 15) is 4.39 Å². The summed E-state index contributed by atoms with van der Waals surface area (Å²) in [5.74, 6) is 0.217. The molecular weight excluding hydrogens is 217 g/mol. The number of rotatable bonds is 6. The molecule has 0 radical (unpaired) electrons. The molecule has 4 heteroatoms. The Kier molecular flexibility index (Phi) is 5.51. The molecule has 2 N–H and O–H groups in total. The SMILES string of the molecule is CC(C)C(N)CCN(C)Cc1cncc(F)c1. The van der Waals surface area contributed by atoms with Crippen LogP contribution in [0.5, 0.6) is 0 Å². The van der Waals surface area contributed by atoms with Gasteiger partial charge < -0.3 is 10.6 Å². The first-order valence-corrected chi connectivity index (χ1v) is 6.02. The summed E-state index contributed by atoms with van der Waals surface area (Å²) in [6, 6.07) is 1.74. The van der Waals surface area contributed by atoms with Gasteiger partial charge in [0.2, 0.25) is 0 Å². The lowest BCUT2D eigenvalue weighted by Crippen LogP contribution is -2.31. The predicted molar refractivity (Wildman–Crippen MR) is 68.0 cm³/mol. The molecule has 0 aromatic carbocycles. The molecule has 0 saturated carbocycles. The molecule has 1 atom stereocenters. The largest absolute Gasteiger partial charge is 0.327 e. The summed E-state index contributed by atoms with van der Waals surface area (Å²) in [6.45, 7) is 5.87. The van der Waals surface area contributed by atoms with Crippen LogP contribution >= 0.6 is 0 Å². The van der Waals surface area contributed by atoms with Crippen LogP contribution in [-0.2, 0) is 6.54 Å². The average molecular weight is 239 g/mol. The molecule has 1 unspecified atom stereocenters. The number of halogens is 1. The van der Waals surface area contributed by atoms with E-state index in [0.717, 1.165) is 18.5 Å². The van der Waals surface area contributed by atoms with Gasteiger partial charge in [-0.05, 0) is 37.6 Å². The van der Waals surface area contributed by atoms with Crippen LogP contribution in [0, 0.1) is 11.7 Å². The molecule has 17 heavy (non-hydrogen) atoms. The molecule has 96 valence electrons. The Morgan fingerprint density at radius 2 is 2.12 bits per heavy atom. The average Bonchev–Trinajstić information content (AvgIpc) is 2.25. The van der Waals surface area contributed by atoms with Crippen molar-refractivity contribution < 1.29 is 4.39 Å². The van der Waals surface area contributed by atoms with Crippen LogP contribution in [0.4, 0.5) is 4.39 Å². The van der Waals surface area contributed by atoms with Gasteiger partial charge in [-0.2, -0.15) is 0 Å². The van der Waals surface area contributed by atoms with E-state index in [-0.39, 0.29) is 11.9 Å². The summed E-state index contributed by atoms with van der Waals surface area (Å²) >= 11 is 0. The Bertz CT molecular complexity index is 341. The molecule has 1 heterocycles. The lowest BCUT2D eigenvalue weighted by atomic mass is 10.0. The Morgan fingerprint density at radius 1 is 1.41 bits per heavy atom. The van der Waals surface area contributed by atoms with Crippen LogP contribution in [0.3, 0.4) is 0 Å². The first-order chi connectivity index (χ1) is 7.99. The van der Waals surface area contributed by atoms with Crippen molar-refractivity contribution >= 4 is 0 Å². The van der Waals surface area contributed by atoms with Gasteiger partial charge in [0.1, 0.15) is 5.82 Å². The first kappa shape index (κ1) is 14.1. The van der Waals surface area contributed by atoms with Gasteiger partial charge in [-0.15, -0.1) is 0 Å². The van der Waals surface area contributed by atoms with Gasteiger partial charge in [-0.25, -0.2) is 4.39 Å². The van der Waals surface area contributed by atoms with Crippen molar-refractivity contribution in [3.63, 3.8) is 0 Å². The Balaban J connectivity index is 2.37. The molecule has 1 aromatic heterocycles. The summed E-state index contributed by atoms with van der Waals surface area (Å²) in [5.41, 5.74) is 6.88. The van der Waals surface area contributed by atoms with Crippen LogP contribution in [0.25, 0.3) is 0 Å². The molecule has 1 aromatic rings. The van der Waals surface area contributed by atoms with Crippen molar-refractivity contribution in [1.29, 1.82) is 0 Å². The zero-order valence-electron chi connectivity index (χ0n) is 10.9. The van der Waals surface area contributed by atoms with Crippen molar-refractivity contribution in [3.05, 3.63) is 29.8 Å². The van der Waals surface area contributed by atoms with E-state index in [4.69, 9.17) is 5.73 Å². The normalized spacial score (nSPS) is 13.4. The summed E-state index contributed by atoms with van der Waals surface area (Å²) in [6.07, 6.45) is 3.87. The first-order valence-electron chi connectivity index (χ1n) is 6.02. The van der Waals surface area contributed by atoms with E-state index in [1.165, 1.54) is 12.3 Å². The maximum Gasteiger partial charge on any atom is 0.141 e. The van der Waals surface area contributed by atoms with Crippen molar-refractivity contribution in [3.8, 4) is 0 Å². The van der Waals surface area contributed by atoms with E-state index in [0.29, 0.717) is 12.5 Å². The van der Waals surface area contributed by atoms with E-state index in [1.807, 2.05) is 7.05 Å². The minimum Gasteiger partial charge on any atom is -0.327 e. The summed E-state index contributed by atoms with van der Waals surface area (Å²) in [7, 11) is 2.01. The maximum atomic E-state index is 12.9. The quantitative estimate of drug-likeness (QED) is 0.826. The van der Waals surface area contributed by atoms with Gasteiger partial charge in [0.25, 0.3) is 0 Å². The Labute approximate surface area is 103 Å². The second-order valence-corrected chi connectivity index (χ2v) is 4.95. The highest BCUT2D eigenvalue weighted by Crippen LogP contribution is 2.07. The minimum absolute atomic E-state index is 0.225. The van der Waals surface area contributed by atoms with Crippen molar-refractivity contribution in [2.24, 2.45) is 11.7 Å². The zero-order valence-corrected chi connectivity index (χ0v) is 10.9. The highest BCUT2D eigenvalue weighted by atomic mass is 19.1. The smallest absolute Gasteiger partial charge is 0.141 e. The standard InChI is InChI=1S/C13H22FN3/c1-10(2)13(15)4-5-17(3)9-11-6-12(14)8-16-7-11/h6-8,10,13H,4-5,9,15H2,1-3H3. The number of hydrogen-bond acceptors (Lipinski definition) is 3. The van der Waals surface area contributed by atoms with Crippen LogP contribution in [-0.4, -0.2) is 29.5 Å². The van der Waals surface area contributed by atoms with Crippen molar-refractivity contribution in [1.82, 2.24) is 9.88 Å². The summed E-state index contributed by atoms with van der Waals surface area (Å²) in [5, 5.41) is 0. The lowest BCUT2D eigenvalue weighted by molar-refractivity contribution is 0.295. The van der Waals surface area contributed by atoms with Crippen molar-refractivity contribution in [2.45, 2.75) is 32.9 Å². The van der Waals surface area contributed by atoms with E-state index >= 15 is 0 Å². The van der Waals surface area contributed by atoms with Gasteiger partial charge in [0.05, 0.1) is 6.20 Å². The number of hydrogen-bond donors (Lipinski definition) is 1. The van der Waals surface area contributed by atoms with Crippen LogP contribution in [0.1, 0.15) is 25.8 Å². The number of nitrogens with zero attached hydrogens (tertiary/aromatic N) is 2. The van der Waals surface area contributed by atoms with E-state index < -0.39 is 0 Å². The van der Waals surface area contributed by atoms with Gasteiger partial charge in [0, 0.05) is 18.8 Å². The molecule has 0 aliphatic rings. The second kappa shape index (κ2) is 6.67. The van der Waals surface area contributed by atoms with Gasteiger partial charge in [-0.1, -0.05) is 13.8 Å². The number of pyridine rings is 1. The molecule has 0 fully saturated rings. The topological polar surface area (TPSA) is 42.1 Å². The van der Waals surface area contributed by atoms with Crippen molar-refractivity contribution in [2.75, 3.05) is 13.6 Å². The van der Waals surface area contributed by atoms with Gasteiger partial charge >= 0.3 is 0 Å². The third-order valence-electron chi connectivity index (χ3n) is 2.91. The molecule has 1 rings (SSSR count). The van der Waals surface area contributed by atoms with E-state index in [1.54, 1.807) is 6.20 Å². The molecule has 3 nitrogen and oxygen atoms in total. The summed E-state index contributed by atoms with van der Waals surface area (Å²) < 4.78 is 12.9. The third-order valence-corrected chi connectivity index (χ3v) is 2.91. The lowest BCUT2D eigenvalue weighted by Gasteiger charge is -2.21. The fourth-order valence-electron chi connectivity index (χ4n) is 1.64. The highest BCUT2D eigenvalue weighted by molar-refractivity contribution is 5.09. The highest BCUT2D eigenvalue weighted by Gasteiger charge is 2.09. The predicted octanol–water partition coefficient (Wildman–Crippen LogP) is 2.03. The van der Waals surface area contributed by atoms with Crippen LogP contribution in [0.15, 0.2) is 18.5 Å². The number of nitrogens with two attached hydrogens (primary N) is 1. The summed E-state index contributed by atoms with van der Waals surface area (Å²) in [4.78, 5) is 5.97. The monoisotopic (exact) mass is 239 g/mol. The number of aromatic nitrogens is 1. The molecule has 0 bridgehead atoms. The fourth-order valence-corrected chi connectivity index (χ4v) is 1.64. The zero-order chi connectivity index (χ0) is 12.8. The molecule has 0 amide bonds. The molecule has 0 aliphatic carbocycles. The van der Waals surface area contributed by atoms with Gasteiger partial charge in [-0.3, -0.25) is 4.98 Å². The van der Waals surface area contributed by atoms with Crippen LogP contribution < -0.4 is 5.73 Å². The van der Waals surface area contributed by atoms with Crippen LogP contribution in [0.2, 0.25) is 0 Å². The third kappa shape index (κ3) is 5.24. The minimum atomic E-state index is -0.283. The van der Waals surface area contributed by atoms with Gasteiger partial charge in [0.15, 0.2) is 0 Å². The molecule has 0 saturated heterocycles. The molecule has 0 spiro atoms. The maximum absolute atomic E-state index is 12.9. The molecular formula is C13H22FN3. The molecule has 0 aliphatic heterocycles. The Morgan fingerprint density at radius 3 is 2.71 bits per heavy atom. The second-order valence-electron chi connectivity index (χ2n) is 4.95. The fraction of sp³-hybridized carbons (Fsp3) is 0.615. The van der Waals surface area contributed by atoms with E-state index in [2.05, 4.69) is 23.7 Å². The Hall–Kier alpha value is -1.00.